The van der Waals surface area contributed by atoms with E-state index in [1.165, 1.54) is 0 Å². The number of likely N-dealkylation sites (tertiary alicyclic amines) is 1. The summed E-state index contributed by atoms with van der Waals surface area (Å²) < 4.78 is 0. The van der Waals surface area contributed by atoms with Crippen LogP contribution in [0.15, 0.2) is 54.6 Å². The summed E-state index contributed by atoms with van der Waals surface area (Å²) in [4.78, 5) is 26.7. The Balaban J connectivity index is 1.38. The molecule has 0 bridgehead atoms. The van der Waals surface area contributed by atoms with Crippen molar-refractivity contribution in [3.05, 3.63) is 60.2 Å². The van der Waals surface area contributed by atoms with Crippen molar-refractivity contribution in [2.24, 2.45) is 5.92 Å². The highest BCUT2D eigenvalue weighted by atomic mass is 16.2. The third-order valence-corrected chi connectivity index (χ3v) is 5.29. The highest BCUT2D eigenvalue weighted by Crippen LogP contribution is 2.29. The molecule has 2 fully saturated rings. The molecule has 2 amide bonds. The molecule has 1 aliphatic carbocycles. The molecule has 26 heavy (non-hydrogen) atoms. The Labute approximate surface area is 154 Å². The molecule has 4 nitrogen and oxygen atoms in total. The molecule has 0 radical (unpaired) electrons. The molecule has 2 aliphatic rings. The zero-order chi connectivity index (χ0) is 17.9. The normalized spacial score (nSPS) is 17.8. The van der Waals surface area contributed by atoms with Crippen LogP contribution in [0, 0.1) is 5.92 Å². The van der Waals surface area contributed by atoms with Crippen molar-refractivity contribution in [1.29, 1.82) is 0 Å². The fraction of sp³-hybridized carbons (Fsp3) is 0.364. The minimum absolute atomic E-state index is 0.0785. The van der Waals surface area contributed by atoms with Crippen molar-refractivity contribution < 1.29 is 9.59 Å². The number of piperidine rings is 1. The zero-order valence-corrected chi connectivity index (χ0v) is 14.9. The van der Waals surface area contributed by atoms with Gasteiger partial charge < -0.3 is 10.2 Å². The van der Waals surface area contributed by atoms with E-state index >= 15 is 0 Å². The van der Waals surface area contributed by atoms with E-state index in [1.807, 2.05) is 47.4 Å². The molecule has 0 spiro atoms. The molecule has 1 saturated carbocycles. The van der Waals surface area contributed by atoms with E-state index in [2.05, 4.69) is 17.4 Å². The Morgan fingerprint density at radius 1 is 0.846 bits per heavy atom. The molecule has 1 aliphatic heterocycles. The number of nitrogens with one attached hydrogen (secondary N) is 1. The summed E-state index contributed by atoms with van der Waals surface area (Å²) in [5, 5.41) is 3.13. The van der Waals surface area contributed by atoms with Gasteiger partial charge in [0.2, 0.25) is 5.91 Å². The first-order chi connectivity index (χ1) is 12.7. The standard InChI is InChI=1S/C22H24N2O2/c25-21(17-9-10-17)23-20-11-13-24(14-12-20)22(26)19-8-4-7-18(15-19)16-5-2-1-3-6-16/h1-8,15,17,20H,9-14H2,(H,23,25). The number of hydrogen-bond donors (Lipinski definition) is 1. The summed E-state index contributed by atoms with van der Waals surface area (Å²) in [6, 6.07) is 18.1. The third-order valence-electron chi connectivity index (χ3n) is 5.29. The Morgan fingerprint density at radius 2 is 1.54 bits per heavy atom. The lowest BCUT2D eigenvalue weighted by Crippen LogP contribution is -2.46. The van der Waals surface area contributed by atoms with Gasteiger partial charge in [-0.3, -0.25) is 9.59 Å². The first kappa shape index (κ1) is 16.8. The summed E-state index contributed by atoms with van der Waals surface area (Å²) in [5.74, 6) is 0.524. The van der Waals surface area contributed by atoms with Gasteiger partial charge in [-0.15, -0.1) is 0 Å². The van der Waals surface area contributed by atoms with E-state index in [9.17, 15) is 9.59 Å². The molecule has 4 rings (SSSR count). The molecule has 2 aromatic rings. The lowest BCUT2D eigenvalue weighted by atomic mass is 10.0. The number of benzene rings is 2. The van der Waals surface area contributed by atoms with E-state index in [4.69, 9.17) is 0 Å². The van der Waals surface area contributed by atoms with E-state index in [1.54, 1.807) is 0 Å². The van der Waals surface area contributed by atoms with Gasteiger partial charge in [-0.2, -0.15) is 0 Å². The maximum atomic E-state index is 12.9. The maximum Gasteiger partial charge on any atom is 0.253 e. The molecule has 1 saturated heterocycles. The third kappa shape index (κ3) is 3.79. The zero-order valence-electron chi connectivity index (χ0n) is 14.9. The summed E-state index contributed by atoms with van der Waals surface area (Å²) >= 11 is 0. The molecule has 1 heterocycles. The molecule has 0 unspecified atom stereocenters. The highest BCUT2D eigenvalue weighted by molar-refractivity contribution is 5.95. The minimum atomic E-state index is 0.0785. The van der Waals surface area contributed by atoms with E-state index in [0.717, 1.165) is 42.4 Å². The van der Waals surface area contributed by atoms with Gasteiger partial charge in [0.15, 0.2) is 0 Å². The topological polar surface area (TPSA) is 49.4 Å². The molecule has 2 aromatic carbocycles. The van der Waals surface area contributed by atoms with Crippen LogP contribution in [-0.2, 0) is 4.79 Å². The van der Waals surface area contributed by atoms with Crippen molar-refractivity contribution >= 4 is 11.8 Å². The van der Waals surface area contributed by atoms with Crippen molar-refractivity contribution in [2.75, 3.05) is 13.1 Å². The predicted molar refractivity (Wildman–Crippen MR) is 102 cm³/mol. The summed E-state index contributed by atoms with van der Waals surface area (Å²) in [6.07, 6.45) is 3.73. The Morgan fingerprint density at radius 3 is 2.23 bits per heavy atom. The Kier molecular flexibility index (Phi) is 4.74. The van der Waals surface area contributed by atoms with E-state index < -0.39 is 0 Å². The number of carbonyl (C=O) groups excluding carboxylic acids is 2. The summed E-state index contributed by atoms with van der Waals surface area (Å²) in [7, 11) is 0. The highest BCUT2D eigenvalue weighted by Gasteiger charge is 2.32. The quantitative estimate of drug-likeness (QED) is 0.919. The van der Waals surface area contributed by atoms with E-state index in [-0.39, 0.29) is 23.8 Å². The van der Waals surface area contributed by atoms with Crippen LogP contribution in [0.1, 0.15) is 36.0 Å². The fourth-order valence-corrected chi connectivity index (χ4v) is 3.54. The molecule has 1 N–H and O–H groups in total. The van der Waals surface area contributed by atoms with Crippen LogP contribution < -0.4 is 5.32 Å². The number of carbonyl (C=O) groups is 2. The largest absolute Gasteiger partial charge is 0.353 e. The number of hydrogen-bond acceptors (Lipinski definition) is 2. The second-order valence-corrected chi connectivity index (χ2v) is 7.30. The van der Waals surface area contributed by atoms with Crippen LogP contribution >= 0.6 is 0 Å². The molecular weight excluding hydrogens is 324 g/mol. The van der Waals surface area contributed by atoms with Gasteiger partial charge in [-0.05, 0) is 48.9 Å². The molecule has 0 aromatic heterocycles. The predicted octanol–water partition coefficient (Wildman–Crippen LogP) is 3.48. The van der Waals surface area contributed by atoms with E-state index in [0.29, 0.717) is 13.1 Å². The van der Waals surface area contributed by atoms with Crippen LogP contribution in [0.3, 0.4) is 0 Å². The Hall–Kier alpha value is -2.62. The maximum absolute atomic E-state index is 12.9. The van der Waals surface area contributed by atoms with Crippen LogP contribution in [0.5, 0.6) is 0 Å². The number of amides is 2. The second-order valence-electron chi connectivity index (χ2n) is 7.30. The van der Waals surface area contributed by atoms with Gasteiger partial charge in [0, 0.05) is 30.6 Å². The molecule has 4 heteroatoms. The van der Waals surface area contributed by atoms with Gasteiger partial charge in [-0.25, -0.2) is 0 Å². The lowest BCUT2D eigenvalue weighted by molar-refractivity contribution is -0.123. The van der Waals surface area contributed by atoms with Gasteiger partial charge >= 0.3 is 0 Å². The van der Waals surface area contributed by atoms with Gasteiger partial charge in [0.1, 0.15) is 0 Å². The van der Waals surface area contributed by atoms with Crippen LogP contribution in [-0.4, -0.2) is 35.8 Å². The summed E-state index contributed by atoms with van der Waals surface area (Å²) in [5.41, 5.74) is 2.90. The van der Waals surface area contributed by atoms with Gasteiger partial charge in [0.05, 0.1) is 0 Å². The fourth-order valence-electron chi connectivity index (χ4n) is 3.54. The number of nitrogens with zero attached hydrogens (tertiary/aromatic N) is 1. The average molecular weight is 348 g/mol. The first-order valence-corrected chi connectivity index (χ1v) is 9.46. The van der Waals surface area contributed by atoms with Crippen molar-refractivity contribution in [3.63, 3.8) is 0 Å². The second kappa shape index (κ2) is 7.32. The molecule has 0 atom stereocenters. The van der Waals surface area contributed by atoms with Crippen LogP contribution in [0.25, 0.3) is 11.1 Å². The van der Waals surface area contributed by atoms with Gasteiger partial charge in [0.25, 0.3) is 5.91 Å². The minimum Gasteiger partial charge on any atom is -0.353 e. The Bertz CT molecular complexity index is 791. The molecular formula is C22H24N2O2. The number of rotatable bonds is 4. The van der Waals surface area contributed by atoms with Crippen molar-refractivity contribution in [1.82, 2.24) is 10.2 Å². The molecule has 134 valence electrons. The van der Waals surface area contributed by atoms with Crippen LogP contribution in [0.2, 0.25) is 0 Å². The average Bonchev–Trinajstić information content (AvgIpc) is 3.54. The van der Waals surface area contributed by atoms with Crippen molar-refractivity contribution in [3.8, 4) is 11.1 Å². The smallest absolute Gasteiger partial charge is 0.253 e. The first-order valence-electron chi connectivity index (χ1n) is 9.46. The lowest BCUT2D eigenvalue weighted by Gasteiger charge is -2.32. The monoisotopic (exact) mass is 348 g/mol. The SMILES string of the molecule is O=C(NC1CCN(C(=O)c2cccc(-c3ccccc3)c2)CC1)C1CC1. The van der Waals surface area contributed by atoms with Crippen LogP contribution in [0.4, 0.5) is 0 Å². The van der Waals surface area contributed by atoms with Gasteiger partial charge in [-0.1, -0.05) is 42.5 Å². The van der Waals surface area contributed by atoms with Crippen molar-refractivity contribution in [2.45, 2.75) is 31.7 Å². The summed E-state index contributed by atoms with van der Waals surface area (Å²) in [6.45, 7) is 1.40.